The Hall–Kier alpha value is -1.05. The fourth-order valence-electron chi connectivity index (χ4n) is 2.12. The number of likely N-dealkylation sites (N-methyl/N-ethyl adjacent to an activating group) is 1. The van der Waals surface area contributed by atoms with E-state index < -0.39 is 10.0 Å². The number of nitrogens with one attached hydrogen (secondary N) is 1. The molecule has 0 saturated heterocycles. The van der Waals surface area contributed by atoms with Crippen molar-refractivity contribution in [3.05, 3.63) is 51.9 Å². The summed E-state index contributed by atoms with van der Waals surface area (Å²) in [5.41, 5.74) is 0.645. The number of sulfonamides is 1. The third kappa shape index (κ3) is 4.28. The first kappa shape index (κ1) is 18.3. The van der Waals surface area contributed by atoms with Gasteiger partial charge in [0.2, 0.25) is 10.0 Å². The van der Waals surface area contributed by atoms with Crippen molar-refractivity contribution >= 4 is 33.2 Å². The molecule has 126 valence electrons. The van der Waals surface area contributed by atoms with Crippen molar-refractivity contribution < 1.29 is 12.8 Å². The van der Waals surface area contributed by atoms with Crippen molar-refractivity contribution in [3.8, 4) is 0 Å². The second-order valence-electron chi connectivity index (χ2n) is 5.38. The second-order valence-corrected chi connectivity index (χ2v) is 7.93. The first-order valence-corrected chi connectivity index (χ1v) is 9.11. The molecule has 23 heavy (non-hydrogen) atoms. The Morgan fingerprint density at radius 2 is 1.96 bits per heavy atom. The van der Waals surface area contributed by atoms with Gasteiger partial charge in [0, 0.05) is 11.6 Å². The van der Waals surface area contributed by atoms with Crippen molar-refractivity contribution in [1.29, 1.82) is 0 Å². The number of furan rings is 1. The van der Waals surface area contributed by atoms with Crippen LogP contribution in [0.15, 0.2) is 39.8 Å². The van der Waals surface area contributed by atoms with Gasteiger partial charge in [-0.15, -0.1) is 0 Å². The van der Waals surface area contributed by atoms with Crippen LogP contribution in [0.3, 0.4) is 0 Å². The Kier molecular flexibility index (Phi) is 5.75. The molecule has 0 bridgehead atoms. The van der Waals surface area contributed by atoms with Gasteiger partial charge < -0.3 is 4.42 Å². The summed E-state index contributed by atoms with van der Waals surface area (Å²) in [6.45, 7) is 1.88. The molecule has 1 aromatic carbocycles. The first-order chi connectivity index (χ1) is 10.7. The molecule has 0 amide bonds. The fraction of sp³-hybridized carbons (Fsp3) is 0.333. The number of benzene rings is 1. The highest BCUT2D eigenvalue weighted by Crippen LogP contribution is 2.28. The Balaban J connectivity index is 2.23. The molecular formula is C15H18Cl2N2O3S. The van der Waals surface area contributed by atoms with E-state index in [4.69, 9.17) is 27.6 Å². The molecule has 2 aromatic rings. The highest BCUT2D eigenvalue weighted by Gasteiger charge is 2.23. The summed E-state index contributed by atoms with van der Waals surface area (Å²) in [4.78, 5) is 1.88. The summed E-state index contributed by atoms with van der Waals surface area (Å²) in [6.07, 6.45) is 1.56. The van der Waals surface area contributed by atoms with Crippen molar-refractivity contribution in [3.63, 3.8) is 0 Å². The van der Waals surface area contributed by atoms with E-state index in [2.05, 4.69) is 4.72 Å². The zero-order valence-electron chi connectivity index (χ0n) is 13.0. The molecule has 0 aliphatic carbocycles. The van der Waals surface area contributed by atoms with E-state index in [1.807, 2.05) is 19.0 Å². The van der Waals surface area contributed by atoms with Crippen molar-refractivity contribution in [2.75, 3.05) is 20.6 Å². The molecule has 0 aliphatic rings. The van der Waals surface area contributed by atoms with Crippen LogP contribution in [0, 0.1) is 6.92 Å². The van der Waals surface area contributed by atoms with Gasteiger partial charge in [-0.25, -0.2) is 13.1 Å². The quantitative estimate of drug-likeness (QED) is 0.837. The predicted octanol–water partition coefficient (Wildman–Crippen LogP) is 3.48. The number of hydrogen-bond acceptors (Lipinski definition) is 4. The van der Waals surface area contributed by atoms with Crippen LogP contribution in [-0.2, 0) is 10.0 Å². The Bertz CT molecular complexity index is 774. The summed E-state index contributed by atoms with van der Waals surface area (Å²) in [5, 5.41) is 0.517. The van der Waals surface area contributed by atoms with Gasteiger partial charge >= 0.3 is 0 Å². The molecule has 5 nitrogen and oxygen atoms in total. The van der Waals surface area contributed by atoms with Crippen LogP contribution in [-0.4, -0.2) is 34.0 Å². The summed E-state index contributed by atoms with van der Waals surface area (Å²) in [6, 6.07) is 6.23. The highest BCUT2D eigenvalue weighted by atomic mass is 35.5. The number of halogens is 2. The molecule has 0 aliphatic heterocycles. The summed E-state index contributed by atoms with van der Waals surface area (Å²) in [5.74, 6) is 0.677. The molecule has 1 heterocycles. The first-order valence-electron chi connectivity index (χ1n) is 6.87. The van der Waals surface area contributed by atoms with E-state index >= 15 is 0 Å². The molecule has 0 fully saturated rings. The number of nitrogens with zero attached hydrogens (tertiary/aromatic N) is 1. The van der Waals surface area contributed by atoms with Gasteiger partial charge in [0.05, 0.1) is 17.3 Å². The van der Waals surface area contributed by atoms with E-state index in [-0.39, 0.29) is 22.5 Å². The van der Waals surface area contributed by atoms with Crippen LogP contribution in [0.4, 0.5) is 0 Å². The maximum atomic E-state index is 12.5. The molecule has 1 atom stereocenters. The smallest absolute Gasteiger partial charge is 0.242 e. The number of hydrogen-bond donors (Lipinski definition) is 1. The lowest BCUT2D eigenvalue weighted by atomic mass is 10.2. The van der Waals surface area contributed by atoms with Gasteiger partial charge in [-0.2, -0.15) is 0 Å². The van der Waals surface area contributed by atoms with Gasteiger partial charge in [0.15, 0.2) is 0 Å². The van der Waals surface area contributed by atoms with Crippen LogP contribution in [0.5, 0.6) is 0 Å². The lowest BCUT2D eigenvalue weighted by molar-refractivity contribution is 0.259. The molecule has 1 N–H and O–H groups in total. The Morgan fingerprint density at radius 1 is 1.26 bits per heavy atom. The third-order valence-corrected chi connectivity index (χ3v) is 5.76. The Labute approximate surface area is 146 Å². The standard InChI is InChI=1S/C15H18Cl2N2O3S/c1-10-7-15(12(17)8-11(10)16)23(20,21)18-9-13(19(2)3)14-5-4-6-22-14/h4-8,13,18H,9H2,1-3H3. The third-order valence-electron chi connectivity index (χ3n) is 3.46. The van der Waals surface area contributed by atoms with Gasteiger partial charge in [0.25, 0.3) is 0 Å². The molecule has 0 spiro atoms. The van der Waals surface area contributed by atoms with Crippen LogP contribution < -0.4 is 4.72 Å². The SMILES string of the molecule is Cc1cc(S(=O)(=O)NCC(c2ccco2)N(C)C)c(Cl)cc1Cl. The van der Waals surface area contributed by atoms with Gasteiger partial charge in [0.1, 0.15) is 10.7 Å². The molecule has 1 aromatic heterocycles. The predicted molar refractivity (Wildman–Crippen MR) is 91.5 cm³/mol. The number of rotatable bonds is 6. The molecule has 0 saturated carbocycles. The lowest BCUT2D eigenvalue weighted by Gasteiger charge is -2.22. The highest BCUT2D eigenvalue weighted by molar-refractivity contribution is 7.89. The average molecular weight is 377 g/mol. The second kappa shape index (κ2) is 7.23. The molecule has 1 unspecified atom stereocenters. The fourth-order valence-corrected chi connectivity index (χ4v) is 3.99. The van der Waals surface area contributed by atoms with Gasteiger partial charge in [-0.05, 0) is 50.8 Å². The minimum absolute atomic E-state index is 0.0121. The van der Waals surface area contributed by atoms with Gasteiger partial charge in [-0.1, -0.05) is 23.2 Å². The van der Waals surface area contributed by atoms with Crippen molar-refractivity contribution in [1.82, 2.24) is 9.62 Å². The van der Waals surface area contributed by atoms with E-state index in [9.17, 15) is 8.42 Å². The number of aryl methyl sites for hydroxylation is 1. The lowest BCUT2D eigenvalue weighted by Crippen LogP contribution is -2.34. The summed E-state index contributed by atoms with van der Waals surface area (Å²) < 4.78 is 33.0. The monoisotopic (exact) mass is 376 g/mol. The van der Waals surface area contributed by atoms with E-state index in [1.54, 1.807) is 25.3 Å². The van der Waals surface area contributed by atoms with Crippen LogP contribution in [0.25, 0.3) is 0 Å². The van der Waals surface area contributed by atoms with Crippen molar-refractivity contribution in [2.24, 2.45) is 0 Å². The van der Waals surface area contributed by atoms with Crippen LogP contribution >= 0.6 is 23.2 Å². The maximum absolute atomic E-state index is 12.5. The zero-order chi connectivity index (χ0) is 17.2. The van der Waals surface area contributed by atoms with Crippen LogP contribution in [0.1, 0.15) is 17.4 Å². The minimum atomic E-state index is -3.76. The molecule has 2 rings (SSSR count). The van der Waals surface area contributed by atoms with E-state index in [0.717, 1.165) is 0 Å². The van der Waals surface area contributed by atoms with Crippen LogP contribution in [0.2, 0.25) is 10.0 Å². The van der Waals surface area contributed by atoms with Gasteiger partial charge in [-0.3, -0.25) is 4.90 Å². The molecule has 0 radical (unpaired) electrons. The van der Waals surface area contributed by atoms with E-state index in [1.165, 1.54) is 12.1 Å². The molecular weight excluding hydrogens is 359 g/mol. The summed E-state index contributed by atoms with van der Waals surface area (Å²) in [7, 11) is -0.0626. The normalized spacial score (nSPS) is 13.5. The maximum Gasteiger partial charge on any atom is 0.242 e. The topological polar surface area (TPSA) is 62.6 Å². The Morgan fingerprint density at radius 3 is 2.52 bits per heavy atom. The largest absolute Gasteiger partial charge is 0.468 e. The van der Waals surface area contributed by atoms with Crippen molar-refractivity contribution in [2.45, 2.75) is 17.9 Å². The molecule has 8 heteroatoms. The summed E-state index contributed by atoms with van der Waals surface area (Å²) >= 11 is 12.0. The zero-order valence-corrected chi connectivity index (χ0v) is 15.3. The van der Waals surface area contributed by atoms with E-state index in [0.29, 0.717) is 16.3 Å². The average Bonchev–Trinajstić information content (AvgIpc) is 2.96. The minimum Gasteiger partial charge on any atom is -0.468 e.